The van der Waals surface area contributed by atoms with Gasteiger partial charge in [0.15, 0.2) is 5.82 Å². The minimum absolute atomic E-state index is 0.106. The Kier molecular flexibility index (Phi) is 3.52. The maximum Gasteiger partial charge on any atom is 0.295 e. The predicted molar refractivity (Wildman–Crippen MR) is 67.2 cm³/mol. The van der Waals surface area contributed by atoms with E-state index in [0.29, 0.717) is 0 Å². The third kappa shape index (κ3) is 2.45. The minimum atomic E-state index is -0.646. The van der Waals surface area contributed by atoms with Gasteiger partial charge in [-0.25, -0.2) is 9.37 Å². The smallest absolute Gasteiger partial charge is 0.295 e. The van der Waals surface area contributed by atoms with E-state index in [1.54, 1.807) is 18.5 Å². The summed E-state index contributed by atoms with van der Waals surface area (Å²) in [5.41, 5.74) is -0.386. The number of nitro benzene ring substituents is 1. The topological polar surface area (TPSA) is 68.1 Å². The summed E-state index contributed by atoms with van der Waals surface area (Å²) in [7, 11) is 0. The lowest BCUT2D eigenvalue weighted by Crippen LogP contribution is -2.09. The molecule has 0 spiro atoms. The van der Waals surface area contributed by atoms with Crippen LogP contribution >= 0.6 is 11.3 Å². The number of nitrogens with one attached hydrogen (secondary N) is 1. The van der Waals surface area contributed by atoms with E-state index in [0.717, 1.165) is 5.01 Å². The second-order valence-electron chi connectivity index (χ2n) is 3.63. The van der Waals surface area contributed by atoms with Gasteiger partial charge >= 0.3 is 0 Å². The molecule has 1 heterocycles. The molecule has 1 aromatic heterocycles. The number of halogens is 1. The van der Waals surface area contributed by atoms with Crippen molar-refractivity contribution in [3.8, 4) is 0 Å². The zero-order chi connectivity index (χ0) is 13.1. The van der Waals surface area contributed by atoms with E-state index in [2.05, 4.69) is 10.3 Å². The summed E-state index contributed by atoms with van der Waals surface area (Å²) >= 11 is 1.40. The second kappa shape index (κ2) is 5.09. The fraction of sp³-hybridized carbons (Fsp3) is 0.182. The Morgan fingerprint density at radius 1 is 1.56 bits per heavy atom. The monoisotopic (exact) mass is 267 g/mol. The fourth-order valence-corrected chi connectivity index (χ4v) is 2.18. The van der Waals surface area contributed by atoms with Gasteiger partial charge in [0, 0.05) is 17.6 Å². The summed E-state index contributed by atoms with van der Waals surface area (Å²) in [5.74, 6) is -0.646. The molecule has 1 aromatic carbocycles. The van der Waals surface area contributed by atoms with Crippen LogP contribution in [0.15, 0.2) is 29.8 Å². The molecule has 0 amide bonds. The Hall–Kier alpha value is -2.02. The predicted octanol–water partition coefficient (Wildman–Crippen LogP) is 3.36. The number of hydrogen-bond acceptors (Lipinski definition) is 5. The highest BCUT2D eigenvalue weighted by atomic mass is 32.1. The summed E-state index contributed by atoms with van der Waals surface area (Å²) < 4.78 is 13.6. The SMILES string of the molecule is CC(Nc1c(F)cccc1[N+](=O)[O-])c1nccs1. The van der Waals surface area contributed by atoms with E-state index >= 15 is 0 Å². The average Bonchev–Trinajstić information content (AvgIpc) is 2.85. The quantitative estimate of drug-likeness (QED) is 0.681. The molecular weight excluding hydrogens is 257 g/mol. The number of rotatable bonds is 4. The van der Waals surface area contributed by atoms with Crippen molar-refractivity contribution in [2.75, 3.05) is 5.32 Å². The molecular formula is C11H10FN3O2S. The molecule has 5 nitrogen and oxygen atoms in total. The lowest BCUT2D eigenvalue weighted by molar-refractivity contribution is -0.384. The molecule has 1 atom stereocenters. The van der Waals surface area contributed by atoms with Gasteiger partial charge in [-0.05, 0) is 13.0 Å². The van der Waals surface area contributed by atoms with Gasteiger partial charge in [-0.15, -0.1) is 11.3 Å². The number of hydrogen-bond donors (Lipinski definition) is 1. The molecule has 0 aliphatic rings. The van der Waals surface area contributed by atoms with Gasteiger partial charge in [0.25, 0.3) is 5.69 Å². The summed E-state index contributed by atoms with van der Waals surface area (Å²) in [6, 6.07) is 3.47. The molecule has 2 aromatic rings. The van der Waals surface area contributed by atoms with Gasteiger partial charge in [-0.2, -0.15) is 0 Å². The summed E-state index contributed by atoms with van der Waals surface area (Å²) in [4.78, 5) is 14.3. The maximum absolute atomic E-state index is 13.6. The largest absolute Gasteiger partial charge is 0.368 e. The van der Waals surface area contributed by atoms with Gasteiger partial charge in [-0.3, -0.25) is 10.1 Å². The number of para-hydroxylation sites is 1. The zero-order valence-electron chi connectivity index (χ0n) is 9.46. The first-order valence-corrected chi connectivity index (χ1v) is 6.06. The molecule has 18 heavy (non-hydrogen) atoms. The molecule has 0 aliphatic carbocycles. The molecule has 94 valence electrons. The molecule has 0 fully saturated rings. The molecule has 7 heteroatoms. The second-order valence-corrected chi connectivity index (χ2v) is 4.55. The average molecular weight is 267 g/mol. The molecule has 0 aliphatic heterocycles. The Morgan fingerprint density at radius 3 is 2.94 bits per heavy atom. The van der Waals surface area contributed by atoms with Crippen LogP contribution in [0.3, 0.4) is 0 Å². The number of nitrogens with zero attached hydrogens (tertiary/aromatic N) is 2. The lowest BCUT2D eigenvalue weighted by atomic mass is 10.2. The van der Waals surface area contributed by atoms with E-state index in [9.17, 15) is 14.5 Å². The molecule has 2 rings (SSSR count). The van der Waals surface area contributed by atoms with Crippen molar-refractivity contribution in [2.45, 2.75) is 13.0 Å². The van der Waals surface area contributed by atoms with Crippen LogP contribution in [-0.2, 0) is 0 Å². The van der Waals surface area contributed by atoms with Crippen molar-refractivity contribution in [3.05, 3.63) is 50.7 Å². The number of thiazole rings is 1. The molecule has 1 N–H and O–H groups in total. The Bertz CT molecular complexity index is 559. The van der Waals surface area contributed by atoms with Crippen molar-refractivity contribution in [2.24, 2.45) is 0 Å². The van der Waals surface area contributed by atoms with E-state index in [1.165, 1.54) is 29.5 Å². The van der Waals surface area contributed by atoms with Gasteiger partial charge in [0.2, 0.25) is 0 Å². The highest BCUT2D eigenvalue weighted by Gasteiger charge is 2.20. The van der Waals surface area contributed by atoms with Crippen molar-refractivity contribution in [3.63, 3.8) is 0 Å². The Morgan fingerprint density at radius 2 is 2.33 bits per heavy atom. The standard InChI is InChI=1S/C11H10FN3O2S/c1-7(11-13-5-6-18-11)14-10-8(12)3-2-4-9(10)15(16)17/h2-7,14H,1H3. The van der Waals surface area contributed by atoms with Crippen molar-refractivity contribution < 1.29 is 9.31 Å². The molecule has 0 saturated carbocycles. The van der Waals surface area contributed by atoms with Crippen molar-refractivity contribution >= 4 is 22.7 Å². The molecule has 0 saturated heterocycles. The summed E-state index contributed by atoms with van der Waals surface area (Å²) in [6.07, 6.45) is 1.63. The van der Waals surface area contributed by atoms with Crippen LogP contribution < -0.4 is 5.32 Å². The van der Waals surface area contributed by atoms with Crippen LogP contribution in [0, 0.1) is 15.9 Å². The number of aromatic nitrogens is 1. The van der Waals surface area contributed by atoms with Gasteiger partial charge in [0.1, 0.15) is 10.7 Å². The highest BCUT2D eigenvalue weighted by molar-refractivity contribution is 7.09. The van der Waals surface area contributed by atoms with E-state index in [4.69, 9.17) is 0 Å². The van der Waals surface area contributed by atoms with Gasteiger partial charge < -0.3 is 5.32 Å². The van der Waals surface area contributed by atoms with Gasteiger partial charge in [0.05, 0.1) is 11.0 Å². The molecule has 0 radical (unpaired) electrons. The van der Waals surface area contributed by atoms with Crippen LogP contribution in [-0.4, -0.2) is 9.91 Å². The van der Waals surface area contributed by atoms with Crippen molar-refractivity contribution in [1.82, 2.24) is 4.98 Å². The Labute approximate surface area is 106 Å². The van der Waals surface area contributed by atoms with E-state index < -0.39 is 10.7 Å². The fourth-order valence-electron chi connectivity index (χ4n) is 1.53. The van der Waals surface area contributed by atoms with Gasteiger partial charge in [-0.1, -0.05) is 6.07 Å². The zero-order valence-corrected chi connectivity index (χ0v) is 10.3. The minimum Gasteiger partial charge on any atom is -0.368 e. The van der Waals surface area contributed by atoms with Crippen LogP contribution in [0.2, 0.25) is 0 Å². The molecule has 0 bridgehead atoms. The lowest BCUT2D eigenvalue weighted by Gasteiger charge is -2.13. The molecule has 1 unspecified atom stereocenters. The first-order chi connectivity index (χ1) is 8.59. The normalized spacial score (nSPS) is 12.1. The van der Waals surface area contributed by atoms with Crippen molar-refractivity contribution in [1.29, 1.82) is 0 Å². The van der Waals surface area contributed by atoms with Crippen LogP contribution in [0.5, 0.6) is 0 Å². The van der Waals surface area contributed by atoms with E-state index in [-0.39, 0.29) is 17.4 Å². The summed E-state index contributed by atoms with van der Waals surface area (Å²) in [6.45, 7) is 1.77. The number of benzene rings is 1. The number of nitro groups is 1. The number of anilines is 1. The maximum atomic E-state index is 13.6. The first kappa shape index (κ1) is 12.4. The first-order valence-electron chi connectivity index (χ1n) is 5.18. The summed E-state index contributed by atoms with van der Waals surface area (Å²) in [5, 5.41) is 16.2. The third-order valence-electron chi connectivity index (χ3n) is 2.37. The highest BCUT2D eigenvalue weighted by Crippen LogP contribution is 2.30. The third-order valence-corrected chi connectivity index (χ3v) is 3.33. The van der Waals surface area contributed by atoms with Crippen LogP contribution in [0.1, 0.15) is 18.0 Å². The van der Waals surface area contributed by atoms with E-state index in [1.807, 2.05) is 0 Å². The van der Waals surface area contributed by atoms with Crippen LogP contribution in [0.25, 0.3) is 0 Å². The van der Waals surface area contributed by atoms with Crippen LogP contribution in [0.4, 0.5) is 15.8 Å². The Balaban J connectivity index is 2.31.